The predicted molar refractivity (Wildman–Crippen MR) is 78.2 cm³/mol. The lowest BCUT2D eigenvalue weighted by Gasteiger charge is -2.31. The van der Waals surface area contributed by atoms with E-state index in [0.29, 0.717) is 0 Å². The Kier molecular flexibility index (Phi) is 6.16. The molecule has 0 bridgehead atoms. The van der Waals surface area contributed by atoms with E-state index in [1.807, 2.05) is 0 Å². The number of carbonyl (C=O) groups is 1. The zero-order valence-corrected chi connectivity index (χ0v) is 12.8. The van der Waals surface area contributed by atoms with Gasteiger partial charge in [0.05, 0.1) is 6.61 Å². The van der Waals surface area contributed by atoms with Gasteiger partial charge >= 0.3 is 11.5 Å². The van der Waals surface area contributed by atoms with Gasteiger partial charge in [-0.25, -0.2) is 0 Å². The maximum absolute atomic E-state index is 13.0. The van der Waals surface area contributed by atoms with Crippen LogP contribution in [-0.2, 0) is 14.3 Å². The molecule has 0 radical (unpaired) electrons. The number of rotatable bonds is 6. The molecule has 1 aromatic carbocycles. The summed E-state index contributed by atoms with van der Waals surface area (Å²) < 4.78 is 41.8. The Morgan fingerprint density at radius 2 is 2.05 bits per heavy atom. The van der Waals surface area contributed by atoms with E-state index in [2.05, 4.69) is 6.58 Å². The van der Waals surface area contributed by atoms with Crippen LogP contribution >= 0.6 is 23.4 Å². The van der Waals surface area contributed by atoms with E-state index < -0.39 is 28.0 Å². The molecule has 7 heteroatoms. The molecule has 21 heavy (non-hydrogen) atoms. The standard InChI is InChI=1S/C14H14ClF3O2S/c1-3-9-13(12(19)20-4-2,21-14(16,17)18)10-7-5-6-8-11(10)15/h3,5-8H,1,4,9H2,2H3. The van der Waals surface area contributed by atoms with Crippen LogP contribution in [-0.4, -0.2) is 18.1 Å². The zero-order valence-electron chi connectivity index (χ0n) is 11.2. The van der Waals surface area contributed by atoms with Crippen molar-refractivity contribution >= 4 is 29.3 Å². The van der Waals surface area contributed by atoms with Gasteiger partial charge in [0.25, 0.3) is 0 Å². The highest BCUT2D eigenvalue weighted by molar-refractivity contribution is 8.01. The van der Waals surface area contributed by atoms with E-state index in [4.69, 9.17) is 16.3 Å². The molecule has 116 valence electrons. The number of esters is 1. The van der Waals surface area contributed by atoms with Crippen molar-refractivity contribution in [2.75, 3.05) is 6.61 Å². The van der Waals surface area contributed by atoms with Crippen LogP contribution in [0.15, 0.2) is 36.9 Å². The van der Waals surface area contributed by atoms with E-state index in [1.165, 1.54) is 31.2 Å². The smallest absolute Gasteiger partial charge is 0.443 e. The van der Waals surface area contributed by atoms with Gasteiger partial charge in [0.1, 0.15) is 0 Å². The van der Waals surface area contributed by atoms with Gasteiger partial charge in [0, 0.05) is 5.02 Å². The third kappa shape index (κ3) is 4.41. The zero-order chi connectivity index (χ0) is 16.1. The summed E-state index contributed by atoms with van der Waals surface area (Å²) in [6, 6.07) is 5.93. The molecule has 0 amide bonds. The van der Waals surface area contributed by atoms with Crippen LogP contribution in [0.2, 0.25) is 5.02 Å². The van der Waals surface area contributed by atoms with Crippen LogP contribution < -0.4 is 0 Å². The first kappa shape index (κ1) is 17.9. The molecular weight excluding hydrogens is 325 g/mol. The highest BCUT2D eigenvalue weighted by Gasteiger charge is 2.51. The highest BCUT2D eigenvalue weighted by atomic mass is 35.5. The summed E-state index contributed by atoms with van der Waals surface area (Å²) >= 11 is 5.55. The Balaban J connectivity index is 3.47. The molecule has 0 aliphatic heterocycles. The van der Waals surface area contributed by atoms with E-state index >= 15 is 0 Å². The first-order chi connectivity index (χ1) is 9.77. The number of allylic oxidation sites excluding steroid dienone is 1. The van der Waals surface area contributed by atoms with E-state index in [9.17, 15) is 18.0 Å². The van der Waals surface area contributed by atoms with Gasteiger partial charge in [-0.3, -0.25) is 4.79 Å². The number of benzene rings is 1. The molecule has 0 aliphatic carbocycles. The van der Waals surface area contributed by atoms with Crippen LogP contribution in [0.3, 0.4) is 0 Å². The number of alkyl halides is 3. The van der Waals surface area contributed by atoms with Crippen molar-refractivity contribution in [3.8, 4) is 0 Å². The van der Waals surface area contributed by atoms with Crippen LogP contribution in [0.25, 0.3) is 0 Å². The molecule has 0 saturated carbocycles. The Morgan fingerprint density at radius 1 is 1.43 bits per heavy atom. The first-order valence-corrected chi connectivity index (χ1v) is 7.26. The van der Waals surface area contributed by atoms with Crippen LogP contribution in [0.1, 0.15) is 18.9 Å². The Morgan fingerprint density at radius 3 is 2.52 bits per heavy atom. The molecule has 0 fully saturated rings. The van der Waals surface area contributed by atoms with Gasteiger partial charge in [-0.05, 0) is 36.7 Å². The molecule has 0 heterocycles. The van der Waals surface area contributed by atoms with E-state index in [1.54, 1.807) is 6.07 Å². The molecule has 1 atom stereocenters. The summed E-state index contributed by atoms with van der Waals surface area (Å²) in [6.07, 6.45) is 0.999. The lowest BCUT2D eigenvalue weighted by molar-refractivity contribution is -0.146. The minimum atomic E-state index is -4.63. The number of hydrogen-bond acceptors (Lipinski definition) is 3. The molecule has 2 nitrogen and oxygen atoms in total. The second-order valence-corrected chi connectivity index (χ2v) is 5.84. The van der Waals surface area contributed by atoms with E-state index in [0.717, 1.165) is 0 Å². The summed E-state index contributed by atoms with van der Waals surface area (Å²) in [5.41, 5.74) is -4.57. The summed E-state index contributed by atoms with van der Waals surface area (Å²) in [7, 11) is 0. The minimum absolute atomic E-state index is 0.0272. The molecule has 1 unspecified atom stereocenters. The topological polar surface area (TPSA) is 26.3 Å². The molecule has 1 aromatic rings. The average Bonchev–Trinajstić information content (AvgIpc) is 2.37. The second-order valence-electron chi connectivity index (χ2n) is 4.07. The van der Waals surface area contributed by atoms with Gasteiger partial charge in [0.15, 0.2) is 4.75 Å². The molecule has 0 aliphatic rings. The average molecular weight is 339 g/mol. The summed E-state index contributed by atoms with van der Waals surface area (Å²) in [5.74, 6) is -0.986. The summed E-state index contributed by atoms with van der Waals surface area (Å²) in [5, 5.41) is 0.0733. The van der Waals surface area contributed by atoms with Crippen molar-refractivity contribution in [1.82, 2.24) is 0 Å². The molecule has 0 N–H and O–H groups in total. The Hall–Kier alpha value is -1.14. The number of halogens is 4. The maximum Gasteiger partial charge on any atom is 0.443 e. The van der Waals surface area contributed by atoms with Crippen LogP contribution in [0, 0.1) is 0 Å². The van der Waals surface area contributed by atoms with Crippen LogP contribution in [0.5, 0.6) is 0 Å². The fourth-order valence-electron chi connectivity index (χ4n) is 1.88. The maximum atomic E-state index is 13.0. The second kappa shape index (κ2) is 7.22. The number of hydrogen-bond donors (Lipinski definition) is 0. The fraction of sp³-hybridized carbons (Fsp3) is 0.357. The van der Waals surface area contributed by atoms with Gasteiger partial charge in [-0.15, -0.1) is 6.58 Å². The molecule has 0 saturated heterocycles. The lowest BCUT2D eigenvalue weighted by Crippen LogP contribution is -2.37. The quantitative estimate of drug-likeness (QED) is 0.543. The monoisotopic (exact) mass is 338 g/mol. The fourth-order valence-corrected chi connectivity index (χ4v) is 3.26. The van der Waals surface area contributed by atoms with Crippen molar-refractivity contribution in [3.63, 3.8) is 0 Å². The normalized spacial score (nSPS) is 14.3. The summed E-state index contributed by atoms with van der Waals surface area (Å²) in [6.45, 7) is 4.94. The van der Waals surface area contributed by atoms with Gasteiger partial charge < -0.3 is 4.74 Å². The van der Waals surface area contributed by atoms with Gasteiger partial charge in [-0.1, -0.05) is 35.9 Å². The first-order valence-electron chi connectivity index (χ1n) is 6.07. The largest absolute Gasteiger partial charge is 0.465 e. The highest BCUT2D eigenvalue weighted by Crippen LogP contribution is 2.51. The van der Waals surface area contributed by atoms with Crippen molar-refractivity contribution < 1.29 is 22.7 Å². The number of thioether (sulfide) groups is 1. The summed E-state index contributed by atoms with van der Waals surface area (Å²) in [4.78, 5) is 12.2. The SMILES string of the molecule is C=CCC(SC(F)(F)F)(C(=O)OCC)c1ccccc1Cl. The Bertz CT molecular complexity index is 519. The third-order valence-electron chi connectivity index (χ3n) is 2.64. The molecule has 0 spiro atoms. The molecule has 0 aromatic heterocycles. The van der Waals surface area contributed by atoms with Crippen molar-refractivity contribution in [1.29, 1.82) is 0 Å². The van der Waals surface area contributed by atoms with Crippen molar-refractivity contribution in [2.45, 2.75) is 23.6 Å². The number of carbonyl (C=O) groups excluding carboxylic acids is 1. The Labute approximate surface area is 130 Å². The molecule has 1 rings (SSSR count). The predicted octanol–water partition coefficient (Wildman–Crippen LogP) is 4.93. The van der Waals surface area contributed by atoms with Crippen molar-refractivity contribution in [3.05, 3.63) is 47.5 Å². The minimum Gasteiger partial charge on any atom is -0.465 e. The van der Waals surface area contributed by atoms with Crippen LogP contribution in [0.4, 0.5) is 13.2 Å². The van der Waals surface area contributed by atoms with Gasteiger partial charge in [-0.2, -0.15) is 13.2 Å². The number of ether oxygens (including phenoxy) is 1. The van der Waals surface area contributed by atoms with E-state index in [-0.39, 0.29) is 23.6 Å². The molecular formula is C14H14ClF3O2S. The van der Waals surface area contributed by atoms with Crippen molar-refractivity contribution in [2.24, 2.45) is 0 Å². The lowest BCUT2D eigenvalue weighted by atomic mass is 9.94. The van der Waals surface area contributed by atoms with Gasteiger partial charge in [0.2, 0.25) is 0 Å². The third-order valence-corrected chi connectivity index (χ3v) is 4.10.